The van der Waals surface area contributed by atoms with E-state index in [-0.39, 0.29) is 16.8 Å². The predicted molar refractivity (Wildman–Crippen MR) is 87.3 cm³/mol. The van der Waals surface area contributed by atoms with E-state index in [1.807, 2.05) is 0 Å². The number of rotatable bonds is 4. The van der Waals surface area contributed by atoms with Crippen molar-refractivity contribution in [2.75, 3.05) is 12.4 Å². The zero-order chi connectivity index (χ0) is 18.0. The minimum Gasteiger partial charge on any atom is -0.497 e. The SMILES string of the molecule is COc1ccc(C(=O)Nc2nc3ccc(OC(F)(F)F)cc3s2)cc1. The largest absolute Gasteiger partial charge is 0.573 e. The van der Waals surface area contributed by atoms with Gasteiger partial charge in [0, 0.05) is 11.6 Å². The second kappa shape index (κ2) is 6.60. The summed E-state index contributed by atoms with van der Waals surface area (Å²) in [6.07, 6.45) is -4.76. The number of hydrogen-bond acceptors (Lipinski definition) is 5. The van der Waals surface area contributed by atoms with Crippen LogP contribution in [-0.2, 0) is 0 Å². The summed E-state index contributed by atoms with van der Waals surface area (Å²) in [6.45, 7) is 0. The molecule has 2 aromatic carbocycles. The van der Waals surface area contributed by atoms with Gasteiger partial charge in [-0.2, -0.15) is 0 Å². The minimum absolute atomic E-state index is 0.278. The van der Waals surface area contributed by atoms with Crippen molar-refractivity contribution in [1.29, 1.82) is 0 Å². The fourth-order valence-electron chi connectivity index (χ4n) is 2.07. The quantitative estimate of drug-likeness (QED) is 0.739. The molecule has 5 nitrogen and oxygen atoms in total. The van der Waals surface area contributed by atoms with E-state index >= 15 is 0 Å². The molecular formula is C16H11F3N2O3S. The number of fused-ring (bicyclic) bond motifs is 1. The van der Waals surface area contributed by atoms with E-state index in [1.165, 1.54) is 25.3 Å². The molecule has 130 valence electrons. The molecule has 0 aliphatic rings. The zero-order valence-electron chi connectivity index (χ0n) is 12.8. The number of anilines is 1. The molecule has 0 aliphatic carbocycles. The van der Waals surface area contributed by atoms with E-state index in [9.17, 15) is 18.0 Å². The Labute approximate surface area is 144 Å². The molecule has 0 unspecified atom stereocenters. The number of ether oxygens (including phenoxy) is 2. The van der Waals surface area contributed by atoms with Crippen molar-refractivity contribution in [3.63, 3.8) is 0 Å². The number of carbonyl (C=O) groups excluding carboxylic acids is 1. The van der Waals surface area contributed by atoms with E-state index in [4.69, 9.17) is 4.74 Å². The highest BCUT2D eigenvalue weighted by molar-refractivity contribution is 7.22. The van der Waals surface area contributed by atoms with E-state index in [1.54, 1.807) is 24.3 Å². The molecule has 0 saturated heterocycles. The van der Waals surface area contributed by atoms with Crippen molar-refractivity contribution in [2.45, 2.75) is 6.36 Å². The summed E-state index contributed by atoms with van der Waals surface area (Å²) in [5.41, 5.74) is 0.866. The number of carbonyl (C=O) groups is 1. The molecule has 1 N–H and O–H groups in total. The van der Waals surface area contributed by atoms with Gasteiger partial charge in [0.25, 0.3) is 5.91 Å². The van der Waals surface area contributed by atoms with E-state index in [2.05, 4.69) is 15.0 Å². The van der Waals surface area contributed by atoms with Crippen molar-refractivity contribution in [2.24, 2.45) is 0 Å². The first kappa shape index (κ1) is 17.0. The number of methoxy groups -OCH3 is 1. The Bertz CT molecular complexity index is 907. The van der Waals surface area contributed by atoms with Gasteiger partial charge >= 0.3 is 6.36 Å². The molecule has 3 rings (SSSR count). The third-order valence-corrected chi connectivity index (χ3v) is 4.10. The topological polar surface area (TPSA) is 60.5 Å². The lowest BCUT2D eigenvalue weighted by molar-refractivity contribution is -0.274. The highest BCUT2D eigenvalue weighted by atomic mass is 32.1. The summed E-state index contributed by atoms with van der Waals surface area (Å²) in [4.78, 5) is 16.4. The molecule has 1 heterocycles. The molecule has 0 aliphatic heterocycles. The van der Waals surface area contributed by atoms with Crippen molar-refractivity contribution in [3.8, 4) is 11.5 Å². The highest BCUT2D eigenvalue weighted by Crippen LogP contribution is 2.31. The van der Waals surface area contributed by atoms with Gasteiger partial charge in [0.2, 0.25) is 0 Å². The van der Waals surface area contributed by atoms with Crippen LogP contribution in [0.1, 0.15) is 10.4 Å². The molecule has 0 radical (unpaired) electrons. The van der Waals surface area contributed by atoms with Gasteiger partial charge in [-0.3, -0.25) is 10.1 Å². The fourth-order valence-corrected chi connectivity index (χ4v) is 2.96. The van der Waals surface area contributed by atoms with Crippen molar-refractivity contribution < 1.29 is 27.4 Å². The van der Waals surface area contributed by atoms with Gasteiger partial charge in [0.05, 0.1) is 17.3 Å². The molecule has 9 heteroatoms. The number of benzene rings is 2. The Morgan fingerprint density at radius 2 is 1.80 bits per heavy atom. The lowest BCUT2D eigenvalue weighted by Gasteiger charge is -2.07. The van der Waals surface area contributed by atoms with E-state index < -0.39 is 6.36 Å². The van der Waals surface area contributed by atoms with Gasteiger partial charge < -0.3 is 9.47 Å². The maximum absolute atomic E-state index is 12.3. The van der Waals surface area contributed by atoms with Crippen LogP contribution in [0.2, 0.25) is 0 Å². The Hall–Kier alpha value is -2.81. The van der Waals surface area contributed by atoms with Gasteiger partial charge in [-0.05, 0) is 36.4 Å². The van der Waals surface area contributed by atoms with Crippen molar-refractivity contribution in [3.05, 3.63) is 48.0 Å². The first-order valence-corrected chi connectivity index (χ1v) is 7.77. The second-order valence-electron chi connectivity index (χ2n) is 4.88. The van der Waals surface area contributed by atoms with E-state index in [0.717, 1.165) is 11.3 Å². The summed E-state index contributed by atoms with van der Waals surface area (Å²) >= 11 is 1.05. The molecular weight excluding hydrogens is 357 g/mol. The smallest absolute Gasteiger partial charge is 0.497 e. The molecule has 0 atom stereocenters. The van der Waals surface area contributed by atoms with Crippen LogP contribution in [0.4, 0.5) is 18.3 Å². The Kier molecular flexibility index (Phi) is 4.49. The van der Waals surface area contributed by atoms with E-state index in [0.29, 0.717) is 21.5 Å². The maximum atomic E-state index is 12.3. The normalized spacial score (nSPS) is 11.4. The first-order valence-electron chi connectivity index (χ1n) is 6.96. The number of amides is 1. The lowest BCUT2D eigenvalue weighted by atomic mass is 10.2. The monoisotopic (exact) mass is 368 g/mol. The van der Waals surface area contributed by atoms with Gasteiger partial charge in [-0.1, -0.05) is 11.3 Å². The highest BCUT2D eigenvalue weighted by Gasteiger charge is 2.31. The Balaban J connectivity index is 1.78. The predicted octanol–water partition coefficient (Wildman–Crippen LogP) is 4.46. The lowest BCUT2D eigenvalue weighted by Crippen LogP contribution is -2.16. The van der Waals surface area contributed by atoms with Crippen molar-refractivity contribution >= 4 is 32.6 Å². The number of nitrogens with one attached hydrogen (secondary N) is 1. The first-order chi connectivity index (χ1) is 11.8. The van der Waals surface area contributed by atoms with Gasteiger partial charge in [-0.15, -0.1) is 13.2 Å². The summed E-state index contributed by atoms with van der Waals surface area (Å²) < 4.78 is 46.1. The number of hydrogen-bond donors (Lipinski definition) is 1. The molecule has 0 spiro atoms. The maximum Gasteiger partial charge on any atom is 0.573 e. The van der Waals surface area contributed by atoms with Crippen LogP contribution in [0.15, 0.2) is 42.5 Å². The van der Waals surface area contributed by atoms with Crippen LogP contribution in [0.25, 0.3) is 10.2 Å². The summed E-state index contributed by atoms with van der Waals surface area (Å²) in [5, 5.41) is 2.90. The average molecular weight is 368 g/mol. The average Bonchev–Trinajstić information content (AvgIpc) is 2.94. The van der Waals surface area contributed by atoms with Gasteiger partial charge in [0.15, 0.2) is 5.13 Å². The molecule has 25 heavy (non-hydrogen) atoms. The zero-order valence-corrected chi connectivity index (χ0v) is 13.6. The summed E-state index contributed by atoms with van der Waals surface area (Å²) in [7, 11) is 1.52. The molecule has 0 bridgehead atoms. The van der Waals surface area contributed by atoms with Crippen LogP contribution >= 0.6 is 11.3 Å². The third kappa shape index (κ3) is 4.18. The fraction of sp³-hybridized carbons (Fsp3) is 0.125. The number of alkyl halides is 3. The minimum atomic E-state index is -4.76. The van der Waals surface area contributed by atoms with Crippen molar-refractivity contribution in [1.82, 2.24) is 4.98 Å². The van der Waals surface area contributed by atoms with Crippen LogP contribution in [0.5, 0.6) is 11.5 Å². The number of thiazole rings is 1. The molecule has 0 fully saturated rings. The molecule has 1 aromatic heterocycles. The summed E-state index contributed by atoms with van der Waals surface area (Å²) in [6, 6.07) is 10.3. The molecule has 1 amide bonds. The molecule has 0 saturated carbocycles. The second-order valence-corrected chi connectivity index (χ2v) is 5.91. The van der Waals surface area contributed by atoms with Gasteiger partial charge in [0.1, 0.15) is 11.5 Å². The van der Waals surface area contributed by atoms with Crippen LogP contribution in [0.3, 0.4) is 0 Å². The Morgan fingerprint density at radius 3 is 2.44 bits per heavy atom. The van der Waals surface area contributed by atoms with Gasteiger partial charge in [-0.25, -0.2) is 4.98 Å². The third-order valence-electron chi connectivity index (χ3n) is 3.17. The standard InChI is InChI=1S/C16H11F3N2O3S/c1-23-10-4-2-9(3-5-10)14(22)21-15-20-12-7-6-11(8-13(12)25-15)24-16(17,18)19/h2-8H,1H3,(H,20,21,22). The number of nitrogens with zero attached hydrogens (tertiary/aromatic N) is 1. The van der Waals surface area contributed by atoms with Crippen LogP contribution in [0, 0.1) is 0 Å². The summed E-state index contributed by atoms with van der Waals surface area (Å²) in [5.74, 6) is -0.0983. The van der Waals surface area contributed by atoms with Crippen LogP contribution in [-0.4, -0.2) is 24.4 Å². The van der Waals surface area contributed by atoms with Crippen LogP contribution < -0.4 is 14.8 Å². The Morgan fingerprint density at radius 1 is 1.12 bits per heavy atom. The molecule has 3 aromatic rings. The number of aromatic nitrogens is 1. The number of halogens is 3.